The molecule has 28 heavy (non-hydrogen) atoms. The normalized spacial score (nSPS) is 10.6. The Hall–Kier alpha value is -3.22. The first-order valence-electron chi connectivity index (χ1n) is 9.08. The van der Waals surface area contributed by atoms with Gasteiger partial charge < -0.3 is 18.9 Å². The molecular weight excluding hydrogens is 360 g/mol. The molecule has 0 heterocycles. The van der Waals surface area contributed by atoms with Gasteiger partial charge in [-0.1, -0.05) is 6.92 Å². The molecule has 0 unspecified atom stereocenters. The lowest BCUT2D eigenvalue weighted by atomic mass is 10.2. The molecule has 7 heteroatoms. The Balaban J connectivity index is 2.08. The number of carbonyl (C=O) groups excluding carboxylic acids is 1. The average molecular weight is 386 g/mol. The molecule has 0 aliphatic rings. The molecule has 0 fully saturated rings. The molecule has 0 spiro atoms. The highest BCUT2D eigenvalue weighted by Gasteiger charge is 2.11. The minimum Gasteiger partial charge on any atom is -0.493 e. The number of hydrazone groups is 1. The molecule has 0 saturated carbocycles. The summed E-state index contributed by atoms with van der Waals surface area (Å²) in [6.45, 7) is 4.97. The van der Waals surface area contributed by atoms with E-state index in [2.05, 4.69) is 10.5 Å². The van der Waals surface area contributed by atoms with Gasteiger partial charge in [0.1, 0.15) is 0 Å². The summed E-state index contributed by atoms with van der Waals surface area (Å²) >= 11 is 0. The van der Waals surface area contributed by atoms with Crippen LogP contribution in [0.3, 0.4) is 0 Å². The third-order valence-electron chi connectivity index (χ3n) is 3.75. The standard InChI is InChI=1S/C21H26N2O5/c1-5-11-28-18-10-8-16(13-20(18)27-6-2)21(24)23-22-14-15-7-9-17(25-3)19(12-15)26-4/h7-10,12-14H,5-6,11H2,1-4H3,(H,23,24)/b22-14+. The lowest BCUT2D eigenvalue weighted by Gasteiger charge is -2.12. The highest BCUT2D eigenvalue weighted by atomic mass is 16.5. The molecule has 0 aliphatic heterocycles. The fourth-order valence-corrected chi connectivity index (χ4v) is 2.41. The van der Waals surface area contributed by atoms with Crippen LogP contribution in [0.15, 0.2) is 41.5 Å². The van der Waals surface area contributed by atoms with Crippen molar-refractivity contribution in [3.63, 3.8) is 0 Å². The Morgan fingerprint density at radius 1 is 0.964 bits per heavy atom. The van der Waals surface area contributed by atoms with Crippen molar-refractivity contribution in [1.29, 1.82) is 0 Å². The van der Waals surface area contributed by atoms with Gasteiger partial charge in [0.2, 0.25) is 0 Å². The number of benzene rings is 2. The second-order valence-corrected chi connectivity index (χ2v) is 5.76. The maximum atomic E-state index is 12.4. The zero-order chi connectivity index (χ0) is 20.4. The first-order chi connectivity index (χ1) is 13.6. The predicted molar refractivity (Wildman–Crippen MR) is 108 cm³/mol. The highest BCUT2D eigenvalue weighted by molar-refractivity contribution is 5.95. The number of amides is 1. The van der Waals surface area contributed by atoms with Crippen LogP contribution in [-0.2, 0) is 0 Å². The average Bonchev–Trinajstić information content (AvgIpc) is 2.72. The van der Waals surface area contributed by atoms with Gasteiger partial charge in [-0.05, 0) is 55.3 Å². The summed E-state index contributed by atoms with van der Waals surface area (Å²) in [5, 5.41) is 4.00. The fraction of sp³-hybridized carbons (Fsp3) is 0.333. The van der Waals surface area contributed by atoms with Gasteiger partial charge >= 0.3 is 0 Å². The molecule has 1 amide bonds. The smallest absolute Gasteiger partial charge is 0.271 e. The van der Waals surface area contributed by atoms with E-state index < -0.39 is 0 Å². The van der Waals surface area contributed by atoms with Crippen LogP contribution in [0.4, 0.5) is 0 Å². The van der Waals surface area contributed by atoms with Crippen LogP contribution in [0, 0.1) is 0 Å². The lowest BCUT2D eigenvalue weighted by Crippen LogP contribution is -2.17. The minimum absolute atomic E-state index is 0.347. The second kappa shape index (κ2) is 10.8. The predicted octanol–water partition coefficient (Wildman–Crippen LogP) is 3.66. The Kier molecular flexibility index (Phi) is 8.14. The van der Waals surface area contributed by atoms with Gasteiger partial charge in [-0.3, -0.25) is 4.79 Å². The van der Waals surface area contributed by atoms with E-state index in [1.165, 1.54) is 6.21 Å². The van der Waals surface area contributed by atoms with Gasteiger partial charge in [0.15, 0.2) is 23.0 Å². The number of carbonyl (C=O) groups is 1. The maximum absolute atomic E-state index is 12.4. The first-order valence-corrected chi connectivity index (χ1v) is 9.08. The monoisotopic (exact) mass is 386 g/mol. The molecule has 0 atom stereocenters. The van der Waals surface area contributed by atoms with E-state index in [9.17, 15) is 4.79 Å². The summed E-state index contributed by atoms with van der Waals surface area (Å²) in [5.74, 6) is 2.01. The molecular formula is C21H26N2O5. The zero-order valence-electron chi connectivity index (χ0n) is 16.7. The molecule has 0 radical (unpaired) electrons. The molecule has 1 N–H and O–H groups in total. The number of nitrogens with one attached hydrogen (secondary N) is 1. The van der Waals surface area contributed by atoms with Gasteiger partial charge in [0, 0.05) is 5.56 Å². The second-order valence-electron chi connectivity index (χ2n) is 5.76. The topological polar surface area (TPSA) is 78.4 Å². The van der Waals surface area contributed by atoms with Crippen molar-refractivity contribution in [1.82, 2.24) is 5.43 Å². The number of rotatable bonds is 10. The van der Waals surface area contributed by atoms with Gasteiger partial charge in [-0.15, -0.1) is 0 Å². The van der Waals surface area contributed by atoms with E-state index in [0.29, 0.717) is 41.8 Å². The number of nitrogens with zero attached hydrogens (tertiary/aromatic N) is 1. The van der Waals surface area contributed by atoms with Crippen molar-refractivity contribution >= 4 is 12.1 Å². The van der Waals surface area contributed by atoms with E-state index in [0.717, 1.165) is 12.0 Å². The Morgan fingerprint density at radius 3 is 2.39 bits per heavy atom. The number of hydrogen-bond donors (Lipinski definition) is 1. The van der Waals surface area contributed by atoms with E-state index in [4.69, 9.17) is 18.9 Å². The van der Waals surface area contributed by atoms with Gasteiger partial charge in [0.05, 0.1) is 33.6 Å². The van der Waals surface area contributed by atoms with Crippen LogP contribution < -0.4 is 24.4 Å². The summed E-state index contributed by atoms with van der Waals surface area (Å²) in [7, 11) is 3.13. The molecule has 0 saturated heterocycles. The van der Waals surface area contributed by atoms with Crippen LogP contribution in [-0.4, -0.2) is 39.6 Å². The van der Waals surface area contributed by atoms with E-state index in [1.807, 2.05) is 19.9 Å². The summed E-state index contributed by atoms with van der Waals surface area (Å²) < 4.78 is 21.7. The largest absolute Gasteiger partial charge is 0.493 e. The Bertz CT molecular complexity index is 820. The molecule has 0 bridgehead atoms. The summed E-state index contributed by atoms with van der Waals surface area (Å²) in [5.41, 5.74) is 3.70. The van der Waals surface area contributed by atoms with E-state index >= 15 is 0 Å². The van der Waals surface area contributed by atoms with Crippen LogP contribution in [0.2, 0.25) is 0 Å². The van der Waals surface area contributed by atoms with Crippen LogP contribution in [0.5, 0.6) is 23.0 Å². The minimum atomic E-state index is -0.347. The van der Waals surface area contributed by atoms with Crippen molar-refractivity contribution in [3.05, 3.63) is 47.5 Å². The number of ether oxygens (including phenoxy) is 4. The third-order valence-corrected chi connectivity index (χ3v) is 3.75. The van der Waals surface area contributed by atoms with Gasteiger partial charge in [-0.25, -0.2) is 5.43 Å². The zero-order valence-corrected chi connectivity index (χ0v) is 16.7. The molecule has 0 aliphatic carbocycles. The SMILES string of the molecule is CCCOc1ccc(C(=O)N/N=C/c2ccc(OC)c(OC)c2)cc1OCC. The Labute approximate surface area is 165 Å². The number of hydrogen-bond acceptors (Lipinski definition) is 6. The van der Waals surface area contributed by atoms with Crippen molar-refractivity contribution in [2.75, 3.05) is 27.4 Å². The van der Waals surface area contributed by atoms with Crippen molar-refractivity contribution in [2.24, 2.45) is 5.10 Å². The summed E-state index contributed by atoms with van der Waals surface area (Å²) in [6, 6.07) is 10.4. The summed E-state index contributed by atoms with van der Waals surface area (Å²) in [6.07, 6.45) is 2.42. The van der Waals surface area contributed by atoms with Crippen molar-refractivity contribution < 1.29 is 23.7 Å². The molecule has 2 aromatic rings. The van der Waals surface area contributed by atoms with Crippen LogP contribution in [0.1, 0.15) is 36.2 Å². The molecule has 7 nitrogen and oxygen atoms in total. The van der Waals surface area contributed by atoms with Gasteiger partial charge in [0.25, 0.3) is 5.91 Å². The van der Waals surface area contributed by atoms with Gasteiger partial charge in [-0.2, -0.15) is 5.10 Å². The quantitative estimate of drug-likeness (QED) is 0.498. The van der Waals surface area contributed by atoms with Crippen LogP contribution in [0.25, 0.3) is 0 Å². The van der Waals surface area contributed by atoms with Crippen LogP contribution >= 0.6 is 0 Å². The first kappa shape index (κ1) is 21.1. The number of methoxy groups -OCH3 is 2. The molecule has 0 aromatic heterocycles. The lowest BCUT2D eigenvalue weighted by molar-refractivity contribution is 0.0954. The maximum Gasteiger partial charge on any atom is 0.271 e. The fourth-order valence-electron chi connectivity index (χ4n) is 2.41. The van der Waals surface area contributed by atoms with Crippen molar-refractivity contribution in [3.8, 4) is 23.0 Å². The molecule has 2 aromatic carbocycles. The summed E-state index contributed by atoms with van der Waals surface area (Å²) in [4.78, 5) is 12.4. The van der Waals surface area contributed by atoms with E-state index in [1.54, 1.807) is 44.6 Å². The Morgan fingerprint density at radius 2 is 1.71 bits per heavy atom. The van der Waals surface area contributed by atoms with Crippen molar-refractivity contribution in [2.45, 2.75) is 20.3 Å². The third kappa shape index (κ3) is 5.64. The molecule has 2 rings (SSSR count). The highest BCUT2D eigenvalue weighted by Crippen LogP contribution is 2.29. The molecule has 150 valence electrons. The van der Waals surface area contributed by atoms with E-state index in [-0.39, 0.29) is 5.91 Å².